The molecule has 0 atom stereocenters. The second kappa shape index (κ2) is 10.6. The summed E-state index contributed by atoms with van der Waals surface area (Å²) in [6.07, 6.45) is 4.24. The first-order valence-electron chi connectivity index (χ1n) is 7.47. The van der Waals surface area contributed by atoms with Crippen LogP contribution in [0.1, 0.15) is 38.7 Å². The molecule has 8 heteroatoms. The monoisotopic (exact) mass is 334 g/mol. The molecule has 1 aromatic rings. The minimum Gasteiger partial charge on any atom is -0.378 e. The van der Waals surface area contributed by atoms with Crippen LogP contribution in [0.4, 0.5) is 11.8 Å². The maximum Gasteiger partial charge on any atom is 0.253 e. The lowest BCUT2D eigenvalue weighted by Gasteiger charge is -2.06. The number of rotatable bonds is 6. The van der Waals surface area contributed by atoms with Gasteiger partial charge in [-0.3, -0.25) is 5.41 Å². The summed E-state index contributed by atoms with van der Waals surface area (Å²) < 4.78 is 0. The first-order valence-corrected chi connectivity index (χ1v) is 8.29. The Balaban J connectivity index is 2.99. The Morgan fingerprint density at radius 3 is 2.96 bits per heavy atom. The number of hydrogen-bond acceptors (Lipinski definition) is 6. The Morgan fingerprint density at radius 2 is 2.30 bits per heavy atom. The molecule has 0 aromatic carbocycles. The van der Waals surface area contributed by atoms with Crippen LogP contribution in [0.25, 0.3) is 0 Å². The molecular weight excluding hydrogens is 310 g/mol. The van der Waals surface area contributed by atoms with Gasteiger partial charge < -0.3 is 16.8 Å². The highest BCUT2D eigenvalue weighted by Crippen LogP contribution is 2.16. The number of hydrogen-bond donors (Lipinski definition) is 4. The van der Waals surface area contributed by atoms with Crippen molar-refractivity contribution in [3.05, 3.63) is 11.8 Å². The summed E-state index contributed by atoms with van der Waals surface area (Å²) in [5.41, 5.74) is 12.0. The van der Waals surface area contributed by atoms with Crippen molar-refractivity contribution in [3.8, 4) is 11.8 Å². The van der Waals surface area contributed by atoms with Crippen LogP contribution in [0.5, 0.6) is 0 Å². The predicted molar refractivity (Wildman–Crippen MR) is 97.5 cm³/mol. The van der Waals surface area contributed by atoms with Gasteiger partial charge in [0.2, 0.25) is 5.04 Å². The van der Waals surface area contributed by atoms with Crippen molar-refractivity contribution in [2.75, 3.05) is 18.4 Å². The van der Waals surface area contributed by atoms with Gasteiger partial charge in [-0.2, -0.15) is 9.98 Å². The van der Waals surface area contributed by atoms with Crippen molar-refractivity contribution in [1.29, 1.82) is 0 Å². The van der Waals surface area contributed by atoms with Crippen molar-refractivity contribution < 1.29 is 5.41 Å². The van der Waals surface area contributed by atoms with E-state index >= 15 is 0 Å². The molecule has 0 saturated carbocycles. The van der Waals surface area contributed by atoms with Gasteiger partial charge in [0.25, 0.3) is 5.95 Å². The van der Waals surface area contributed by atoms with Gasteiger partial charge in [-0.25, -0.2) is 4.98 Å². The standard InChI is InChI=1S/C15H23N7S/c1-3-9-19-13-12(7-5-4-6-8-16)10-20-15(21-13)22-14(18)23-11(2)17/h10,17H,3-4,6,8-9,16H2,1-2H3,(H3,18,19,20,21,22)/p+1. The van der Waals surface area contributed by atoms with Gasteiger partial charge in [-0.05, 0) is 19.4 Å². The summed E-state index contributed by atoms with van der Waals surface area (Å²) >= 11 is 1.18. The molecule has 0 fully saturated rings. The molecule has 7 nitrogen and oxygen atoms in total. The number of unbranched alkanes of at least 4 members (excludes halogenated alkanes) is 1. The van der Waals surface area contributed by atoms with Crippen LogP contribution in [0.15, 0.2) is 11.2 Å². The number of aromatic nitrogens is 2. The lowest BCUT2D eigenvalue weighted by Crippen LogP contribution is -2.36. The highest BCUT2D eigenvalue weighted by molar-refractivity contribution is 8.26. The molecule has 0 unspecified atom stereocenters. The fraction of sp³-hybridized carbons (Fsp3) is 0.467. The molecule has 1 heterocycles. The first kappa shape index (κ1) is 18.9. The molecule has 0 aliphatic rings. The molecule has 0 radical (unpaired) electrons. The van der Waals surface area contributed by atoms with E-state index in [1.807, 2.05) is 0 Å². The lowest BCUT2D eigenvalue weighted by atomic mass is 10.2. The number of nitrogens with one attached hydrogen (secondary N) is 1. The predicted octanol–water partition coefficient (Wildman–Crippen LogP) is 0.246. The Morgan fingerprint density at radius 1 is 1.52 bits per heavy atom. The highest BCUT2D eigenvalue weighted by Gasteiger charge is 2.07. The molecule has 7 N–H and O–H groups in total. The van der Waals surface area contributed by atoms with Crippen LogP contribution in [0.2, 0.25) is 0 Å². The Kier molecular flexibility index (Phi) is 8.72. The number of thioether (sulfide) groups is 1. The van der Waals surface area contributed by atoms with Crippen molar-refractivity contribution in [2.24, 2.45) is 16.5 Å². The Bertz CT molecular complexity index is 616. The molecule has 1 aromatic heterocycles. The summed E-state index contributed by atoms with van der Waals surface area (Å²) in [6.45, 7) is 5.25. The van der Waals surface area contributed by atoms with Gasteiger partial charge in [0, 0.05) is 31.7 Å². The largest absolute Gasteiger partial charge is 0.378 e. The van der Waals surface area contributed by atoms with E-state index in [2.05, 4.69) is 39.0 Å². The van der Waals surface area contributed by atoms with Crippen LogP contribution in [0, 0.1) is 11.8 Å². The normalized spacial score (nSPS) is 10.8. The minimum atomic E-state index is 0.280. The van der Waals surface area contributed by atoms with E-state index in [1.54, 1.807) is 13.1 Å². The van der Waals surface area contributed by atoms with Crippen LogP contribution in [-0.4, -0.2) is 33.3 Å². The van der Waals surface area contributed by atoms with Crippen molar-refractivity contribution >= 4 is 33.7 Å². The van der Waals surface area contributed by atoms with Crippen molar-refractivity contribution in [3.63, 3.8) is 0 Å². The number of anilines is 1. The van der Waals surface area contributed by atoms with Crippen molar-refractivity contribution in [2.45, 2.75) is 33.1 Å². The molecule has 124 valence electrons. The summed E-state index contributed by atoms with van der Waals surface area (Å²) in [5.74, 6) is 7.08. The molecule has 0 bridgehead atoms. The topological polar surface area (TPSA) is 128 Å². The lowest BCUT2D eigenvalue weighted by molar-refractivity contribution is -0.109. The maximum absolute atomic E-state index is 5.78. The van der Waals surface area contributed by atoms with Gasteiger partial charge in [-0.15, -0.1) is 0 Å². The molecule has 0 spiro atoms. The Hall–Kier alpha value is -2.11. The van der Waals surface area contributed by atoms with E-state index in [9.17, 15) is 0 Å². The van der Waals surface area contributed by atoms with Gasteiger partial charge in [0.05, 0.1) is 11.8 Å². The average molecular weight is 334 g/mol. The molecule has 0 amide bonds. The number of amidine groups is 1. The molecule has 0 aliphatic heterocycles. The number of aliphatic imine (C=N–C) groups is 1. The zero-order valence-corrected chi connectivity index (χ0v) is 14.4. The molecule has 23 heavy (non-hydrogen) atoms. The van der Waals surface area contributed by atoms with Crippen LogP contribution in [0.3, 0.4) is 0 Å². The number of nitrogens with two attached hydrogens (primary N) is 3. The van der Waals surface area contributed by atoms with Crippen LogP contribution >= 0.6 is 11.8 Å². The quantitative estimate of drug-likeness (QED) is 0.255. The Labute approximate surface area is 141 Å². The van der Waals surface area contributed by atoms with E-state index in [-0.39, 0.29) is 5.95 Å². The van der Waals surface area contributed by atoms with E-state index in [4.69, 9.17) is 16.9 Å². The third kappa shape index (κ3) is 7.63. The SMILES string of the molecule is CCCNc1nc(N=C(N)SC(C)=[NH2+])ncc1C#CCCCN. The smallest absolute Gasteiger partial charge is 0.253 e. The summed E-state index contributed by atoms with van der Waals surface area (Å²) in [4.78, 5) is 12.7. The third-order valence-corrected chi connectivity index (χ3v) is 3.15. The number of nitrogens with zero attached hydrogens (tertiary/aromatic N) is 3. The summed E-state index contributed by atoms with van der Waals surface area (Å²) in [6, 6.07) is 0. The fourth-order valence-electron chi connectivity index (χ4n) is 1.53. The summed E-state index contributed by atoms with van der Waals surface area (Å²) in [7, 11) is 0. The fourth-order valence-corrected chi connectivity index (χ4v) is 1.99. The minimum absolute atomic E-state index is 0.280. The van der Waals surface area contributed by atoms with Gasteiger partial charge in [0.15, 0.2) is 5.17 Å². The van der Waals surface area contributed by atoms with Crippen LogP contribution in [-0.2, 0) is 0 Å². The van der Waals surface area contributed by atoms with Crippen molar-refractivity contribution in [1.82, 2.24) is 9.97 Å². The second-order valence-electron chi connectivity index (χ2n) is 4.72. The van der Waals surface area contributed by atoms with Crippen LogP contribution < -0.4 is 22.2 Å². The second-order valence-corrected chi connectivity index (χ2v) is 5.98. The van der Waals surface area contributed by atoms with Gasteiger partial charge in [0.1, 0.15) is 5.82 Å². The van der Waals surface area contributed by atoms with E-state index in [1.165, 1.54) is 11.8 Å². The average Bonchev–Trinajstić information content (AvgIpc) is 2.50. The molecule has 1 rings (SSSR count). The van der Waals surface area contributed by atoms with Gasteiger partial charge in [-0.1, -0.05) is 18.8 Å². The molecule has 0 aliphatic carbocycles. The highest BCUT2D eigenvalue weighted by atomic mass is 32.2. The van der Waals surface area contributed by atoms with E-state index in [0.29, 0.717) is 22.6 Å². The van der Waals surface area contributed by atoms with Gasteiger partial charge >= 0.3 is 0 Å². The molecule has 0 saturated heterocycles. The zero-order valence-electron chi connectivity index (χ0n) is 13.6. The summed E-state index contributed by atoms with van der Waals surface area (Å²) in [5, 5.41) is 9.73. The van der Waals surface area contributed by atoms with E-state index in [0.717, 1.165) is 31.4 Å². The van der Waals surface area contributed by atoms with E-state index < -0.39 is 0 Å². The third-order valence-electron chi connectivity index (χ3n) is 2.52. The first-order chi connectivity index (χ1) is 11.1. The zero-order chi connectivity index (χ0) is 17.1. The maximum atomic E-state index is 5.78. The molecular formula is C15H24N7S+.